The minimum atomic E-state index is -1.22. The van der Waals surface area contributed by atoms with Crippen molar-refractivity contribution in [1.82, 2.24) is 30.8 Å². The highest BCUT2D eigenvalue weighted by Gasteiger charge is 2.57. The molecule has 39 heavy (non-hydrogen) atoms. The molecule has 2 amide bonds. The first-order valence-electron chi connectivity index (χ1n) is 11.5. The molecule has 208 valence electrons. The van der Waals surface area contributed by atoms with Crippen LogP contribution in [0.1, 0.15) is 12.6 Å². The zero-order valence-electron chi connectivity index (χ0n) is 20.7. The highest BCUT2D eigenvalue weighted by atomic mass is 32.2. The Morgan fingerprint density at radius 2 is 2.26 bits per heavy atom. The van der Waals surface area contributed by atoms with E-state index in [1.807, 2.05) is 13.0 Å². The largest absolute Gasteiger partial charge is 0.481 e. The van der Waals surface area contributed by atoms with Gasteiger partial charge in [0.25, 0.3) is 5.91 Å². The second-order valence-electron chi connectivity index (χ2n) is 8.96. The number of carboxylic acids is 1. The maximum absolute atomic E-state index is 13.0. The number of nitrogens with zero attached hydrogens (tertiary/aromatic N) is 6. The SMILES string of the molecule is CON=C(C(=O)NC1C(=O)N2CC(CSC3=CC(C)=NC4=CN(CO)NN43)(C(=O)O)CS[C@H]12)c1csc(N)n1. The molecule has 4 aliphatic rings. The minimum absolute atomic E-state index is 0.000910. The number of aliphatic hydroxyl groups excluding tert-OH is 1. The van der Waals surface area contributed by atoms with Crippen molar-refractivity contribution in [3.63, 3.8) is 0 Å². The van der Waals surface area contributed by atoms with E-state index in [2.05, 4.69) is 26.0 Å². The number of amides is 2. The summed E-state index contributed by atoms with van der Waals surface area (Å²) < 4.78 is 0. The van der Waals surface area contributed by atoms with E-state index in [0.29, 0.717) is 10.9 Å². The van der Waals surface area contributed by atoms with Crippen molar-refractivity contribution in [1.29, 1.82) is 0 Å². The number of oxime groups is 1. The highest BCUT2D eigenvalue weighted by molar-refractivity contribution is 8.03. The summed E-state index contributed by atoms with van der Waals surface area (Å²) in [7, 11) is 1.29. The van der Waals surface area contributed by atoms with E-state index >= 15 is 0 Å². The lowest BCUT2D eigenvalue weighted by molar-refractivity contribution is -0.157. The van der Waals surface area contributed by atoms with E-state index in [4.69, 9.17) is 10.6 Å². The number of β-lactam (4-membered cyclic amide) rings is 1. The van der Waals surface area contributed by atoms with Gasteiger partial charge in [0.15, 0.2) is 16.7 Å². The Labute approximate surface area is 234 Å². The molecular weight excluding hydrogens is 570 g/mol. The van der Waals surface area contributed by atoms with Crippen molar-refractivity contribution < 1.29 is 29.4 Å². The number of fused-ring (bicyclic) bond motifs is 2. The summed E-state index contributed by atoms with van der Waals surface area (Å²) in [6.45, 7) is 1.56. The lowest BCUT2D eigenvalue weighted by Gasteiger charge is -2.53. The molecule has 0 bridgehead atoms. The number of carbonyl (C=O) groups excluding carboxylic acids is 2. The number of anilines is 1. The van der Waals surface area contributed by atoms with Gasteiger partial charge in [0, 0.05) is 29.1 Å². The van der Waals surface area contributed by atoms with E-state index in [1.54, 1.807) is 16.6 Å². The number of rotatable bonds is 9. The molecule has 2 saturated heterocycles. The van der Waals surface area contributed by atoms with Gasteiger partial charge in [0.1, 0.15) is 36.4 Å². The van der Waals surface area contributed by atoms with Crippen LogP contribution in [0, 0.1) is 5.41 Å². The summed E-state index contributed by atoms with van der Waals surface area (Å²) in [5.74, 6) is -1.05. The Balaban J connectivity index is 1.25. The number of carboxylic acid groups (broad SMARTS) is 1. The topological polar surface area (TPSA) is 198 Å². The first-order chi connectivity index (χ1) is 18.7. The monoisotopic (exact) mass is 595 g/mol. The summed E-state index contributed by atoms with van der Waals surface area (Å²) in [6, 6.07) is -0.842. The van der Waals surface area contributed by atoms with E-state index in [1.165, 1.54) is 40.5 Å². The molecule has 5 rings (SSSR count). The lowest BCUT2D eigenvalue weighted by Crippen LogP contribution is -2.74. The Bertz CT molecular complexity index is 1330. The third-order valence-electron chi connectivity index (χ3n) is 6.27. The number of aliphatic hydroxyl groups is 1. The average molecular weight is 596 g/mol. The van der Waals surface area contributed by atoms with Gasteiger partial charge in [0.05, 0.1) is 11.2 Å². The molecular formula is C21H25N9O6S3. The van der Waals surface area contributed by atoms with E-state index in [-0.39, 0.29) is 47.2 Å². The standard InChI is InChI=1S/C21H25N9O6S3/c1-10-3-13(30-12(23-10)4-28(9-31)27-30)38-7-21(19(34)35)6-29-17(33)15(18(29)39-8-21)25-16(32)14(26-36-2)11-5-37-20(22)24-11/h3-5,15,18,27,31H,6-9H2,1-2H3,(H2,22,24)(H,25,32)(H,34,35)/t15?,18-,21?/m1/s1. The smallest absolute Gasteiger partial charge is 0.313 e. The number of aliphatic carboxylic acids is 1. The summed E-state index contributed by atoms with van der Waals surface area (Å²) in [5, 5.41) is 31.3. The fraction of sp³-hybridized carbons (Fsp3) is 0.429. The fourth-order valence-corrected chi connectivity index (χ4v) is 7.78. The number of nitrogens with one attached hydrogen (secondary N) is 2. The quantitative estimate of drug-likeness (QED) is 0.138. The Morgan fingerprint density at radius 1 is 1.46 bits per heavy atom. The second-order valence-corrected chi connectivity index (χ2v) is 11.9. The molecule has 5 heterocycles. The third-order valence-corrected chi connectivity index (χ3v) is 9.82. The number of aromatic nitrogens is 1. The molecule has 0 spiro atoms. The van der Waals surface area contributed by atoms with Crippen LogP contribution in [0.5, 0.6) is 0 Å². The van der Waals surface area contributed by atoms with E-state index in [0.717, 1.165) is 17.0 Å². The van der Waals surface area contributed by atoms with Crippen LogP contribution in [-0.4, -0.2) is 103 Å². The maximum Gasteiger partial charge on any atom is 0.313 e. The van der Waals surface area contributed by atoms with Gasteiger partial charge >= 0.3 is 5.97 Å². The number of carbonyl (C=O) groups is 3. The van der Waals surface area contributed by atoms with Crippen LogP contribution in [0.4, 0.5) is 5.13 Å². The van der Waals surface area contributed by atoms with Crippen LogP contribution in [0.3, 0.4) is 0 Å². The van der Waals surface area contributed by atoms with Crippen LogP contribution in [-0.2, 0) is 19.2 Å². The zero-order valence-corrected chi connectivity index (χ0v) is 23.2. The summed E-state index contributed by atoms with van der Waals surface area (Å²) in [4.78, 5) is 53.2. The van der Waals surface area contributed by atoms with Crippen molar-refractivity contribution >= 4 is 69.2 Å². The molecule has 4 aliphatic heterocycles. The number of nitrogen functional groups attached to an aromatic ring is 1. The molecule has 3 atom stereocenters. The third kappa shape index (κ3) is 5.05. The first kappa shape index (κ1) is 27.3. The summed E-state index contributed by atoms with van der Waals surface area (Å²) in [6.07, 6.45) is 3.46. The van der Waals surface area contributed by atoms with E-state index in [9.17, 15) is 24.6 Å². The van der Waals surface area contributed by atoms with Crippen molar-refractivity contribution in [3.05, 3.63) is 34.2 Å². The molecule has 0 aromatic carbocycles. The van der Waals surface area contributed by atoms with Gasteiger partial charge in [-0.05, 0) is 13.0 Å². The molecule has 6 N–H and O–H groups in total. The molecule has 2 fully saturated rings. The number of nitrogens with two attached hydrogens (primary N) is 1. The van der Waals surface area contributed by atoms with Gasteiger partial charge in [-0.2, -0.15) is 0 Å². The number of allylic oxidation sites excluding steroid dienone is 1. The molecule has 0 radical (unpaired) electrons. The summed E-state index contributed by atoms with van der Waals surface area (Å²) in [5.41, 5.74) is 8.26. The average Bonchev–Trinajstić information content (AvgIpc) is 3.54. The van der Waals surface area contributed by atoms with Crippen LogP contribution in [0.15, 0.2) is 38.7 Å². The molecule has 2 unspecified atom stereocenters. The van der Waals surface area contributed by atoms with Crippen molar-refractivity contribution in [2.75, 3.05) is 37.6 Å². The van der Waals surface area contributed by atoms with Gasteiger partial charge in [-0.1, -0.05) is 5.16 Å². The van der Waals surface area contributed by atoms with Crippen molar-refractivity contribution in [2.24, 2.45) is 15.6 Å². The molecule has 1 aromatic rings. The van der Waals surface area contributed by atoms with Gasteiger partial charge in [-0.25, -0.2) is 15.0 Å². The number of hydrogen-bond acceptors (Lipinski definition) is 15. The number of hydrazine groups is 2. The Hall–Kier alpha value is -3.32. The first-order valence-corrected chi connectivity index (χ1v) is 14.4. The molecule has 15 nitrogen and oxygen atoms in total. The van der Waals surface area contributed by atoms with Gasteiger partial charge in [0.2, 0.25) is 5.91 Å². The predicted molar refractivity (Wildman–Crippen MR) is 146 cm³/mol. The predicted octanol–water partition coefficient (Wildman–Crippen LogP) is -0.618. The van der Waals surface area contributed by atoms with Crippen molar-refractivity contribution in [2.45, 2.75) is 18.3 Å². The Kier molecular flexibility index (Phi) is 7.47. The number of aliphatic imine (C=N–C) groups is 1. The van der Waals surface area contributed by atoms with Crippen molar-refractivity contribution in [3.8, 4) is 0 Å². The van der Waals surface area contributed by atoms with Gasteiger partial charge in [-0.15, -0.1) is 40.4 Å². The van der Waals surface area contributed by atoms with E-state index < -0.39 is 28.7 Å². The van der Waals surface area contributed by atoms with Gasteiger partial charge < -0.3 is 31.0 Å². The maximum atomic E-state index is 13.0. The number of thioether (sulfide) groups is 2. The van der Waals surface area contributed by atoms with Crippen LogP contribution < -0.4 is 16.6 Å². The molecule has 0 aliphatic carbocycles. The van der Waals surface area contributed by atoms with Gasteiger partial charge in [-0.3, -0.25) is 19.4 Å². The molecule has 0 saturated carbocycles. The lowest BCUT2D eigenvalue weighted by atomic mass is 9.89. The fourth-order valence-electron chi connectivity index (χ4n) is 4.30. The molecule has 1 aromatic heterocycles. The zero-order chi connectivity index (χ0) is 27.9. The molecule has 18 heteroatoms. The second kappa shape index (κ2) is 10.7. The number of hydrogen-bond donors (Lipinski definition) is 5. The van der Waals surface area contributed by atoms with Crippen LogP contribution in [0.2, 0.25) is 0 Å². The van der Waals surface area contributed by atoms with Crippen LogP contribution >= 0.6 is 34.9 Å². The normalized spacial score (nSPS) is 26.2. The highest BCUT2D eigenvalue weighted by Crippen LogP contribution is 2.45. The number of thiazole rings is 1. The van der Waals surface area contributed by atoms with Crippen LogP contribution in [0.25, 0.3) is 0 Å². The Morgan fingerprint density at radius 3 is 2.92 bits per heavy atom. The minimum Gasteiger partial charge on any atom is -0.481 e. The summed E-state index contributed by atoms with van der Waals surface area (Å²) >= 11 is 3.76.